The van der Waals surface area contributed by atoms with E-state index in [1.165, 1.54) is 12.8 Å². The first-order valence-corrected chi connectivity index (χ1v) is 8.33. The Morgan fingerprint density at radius 1 is 1.09 bits per heavy atom. The molecule has 0 spiro atoms. The lowest BCUT2D eigenvalue weighted by Gasteiger charge is -2.13. The Balaban J connectivity index is 2.01. The number of rotatable bonds is 3. The van der Waals surface area contributed by atoms with Gasteiger partial charge in [0, 0.05) is 27.5 Å². The largest absolute Gasteiger partial charge is 0.348 e. The lowest BCUT2D eigenvalue weighted by Crippen LogP contribution is -2.24. The molecular formula is C18H14Cl2N2O. The summed E-state index contributed by atoms with van der Waals surface area (Å²) in [6.45, 7) is 0.722. The van der Waals surface area contributed by atoms with Gasteiger partial charge in [-0.25, -0.2) is 4.79 Å². The zero-order valence-corrected chi connectivity index (χ0v) is 13.8. The molecule has 1 aliphatic carbocycles. The van der Waals surface area contributed by atoms with Crippen molar-refractivity contribution >= 4 is 34.1 Å². The zero-order valence-electron chi connectivity index (χ0n) is 12.3. The summed E-state index contributed by atoms with van der Waals surface area (Å²) in [5, 5.41) is 2.11. The second kappa shape index (κ2) is 5.66. The van der Waals surface area contributed by atoms with Crippen LogP contribution < -0.4 is 5.69 Å². The molecule has 1 aliphatic rings. The Morgan fingerprint density at radius 3 is 2.61 bits per heavy atom. The average molecular weight is 345 g/mol. The van der Waals surface area contributed by atoms with Crippen LogP contribution >= 0.6 is 23.2 Å². The topological polar surface area (TPSA) is 34.9 Å². The van der Waals surface area contributed by atoms with E-state index in [4.69, 9.17) is 23.2 Å². The first-order chi connectivity index (χ1) is 11.1. The van der Waals surface area contributed by atoms with Gasteiger partial charge in [-0.1, -0.05) is 35.3 Å². The standard InChI is InChI=1S/C18H14Cl2N2O/c19-13-3-1-2-12(8-13)17-15-9-14(20)6-7-16(15)22(18(23)21-17)10-11-4-5-11/h1-3,6-9,11H,4-5,10H2. The second-order valence-corrected chi connectivity index (χ2v) is 6.84. The number of halogens is 2. The van der Waals surface area contributed by atoms with Crippen molar-refractivity contribution in [2.75, 3.05) is 0 Å². The third-order valence-corrected chi connectivity index (χ3v) is 4.65. The molecule has 0 unspecified atom stereocenters. The van der Waals surface area contributed by atoms with Gasteiger partial charge in [0.25, 0.3) is 0 Å². The van der Waals surface area contributed by atoms with Crippen LogP contribution in [0.25, 0.3) is 22.2 Å². The van der Waals surface area contributed by atoms with Crippen LogP contribution in [0.4, 0.5) is 0 Å². The van der Waals surface area contributed by atoms with Gasteiger partial charge in [-0.3, -0.25) is 4.57 Å². The normalized spacial score (nSPS) is 14.3. The third kappa shape index (κ3) is 2.87. The van der Waals surface area contributed by atoms with Gasteiger partial charge >= 0.3 is 5.69 Å². The van der Waals surface area contributed by atoms with E-state index in [0.717, 1.165) is 23.0 Å². The average Bonchev–Trinajstić information content (AvgIpc) is 3.34. The van der Waals surface area contributed by atoms with Crippen LogP contribution in [0.2, 0.25) is 10.0 Å². The molecular weight excluding hydrogens is 331 g/mol. The van der Waals surface area contributed by atoms with Crippen molar-refractivity contribution < 1.29 is 0 Å². The van der Waals surface area contributed by atoms with E-state index in [9.17, 15) is 4.79 Å². The van der Waals surface area contributed by atoms with Crippen molar-refractivity contribution in [3.05, 3.63) is 63.0 Å². The van der Waals surface area contributed by atoms with Gasteiger partial charge in [-0.15, -0.1) is 0 Å². The summed E-state index contributed by atoms with van der Waals surface area (Å²) >= 11 is 12.3. The number of hydrogen-bond donors (Lipinski definition) is 0. The Labute approximate surface area is 143 Å². The molecule has 0 amide bonds. The summed E-state index contributed by atoms with van der Waals surface area (Å²) < 4.78 is 1.76. The Hall–Kier alpha value is -1.84. The highest BCUT2D eigenvalue weighted by Gasteiger charge is 2.24. The van der Waals surface area contributed by atoms with Crippen LogP contribution in [-0.4, -0.2) is 9.55 Å². The molecule has 0 radical (unpaired) electrons. The molecule has 1 saturated carbocycles. The fourth-order valence-electron chi connectivity index (χ4n) is 2.84. The maximum atomic E-state index is 12.5. The van der Waals surface area contributed by atoms with Crippen molar-refractivity contribution in [2.24, 2.45) is 5.92 Å². The lowest BCUT2D eigenvalue weighted by atomic mass is 10.1. The summed E-state index contributed by atoms with van der Waals surface area (Å²) in [4.78, 5) is 16.9. The first-order valence-electron chi connectivity index (χ1n) is 7.58. The molecule has 3 aromatic rings. The molecule has 3 nitrogen and oxygen atoms in total. The van der Waals surface area contributed by atoms with E-state index >= 15 is 0 Å². The molecule has 2 aromatic carbocycles. The summed E-state index contributed by atoms with van der Waals surface area (Å²) in [7, 11) is 0. The molecule has 0 bridgehead atoms. The Morgan fingerprint density at radius 2 is 1.87 bits per heavy atom. The predicted octanol–water partition coefficient (Wildman–Crippen LogP) is 4.78. The molecule has 1 fully saturated rings. The summed E-state index contributed by atoms with van der Waals surface area (Å²) in [5.74, 6) is 0.588. The number of nitrogens with zero attached hydrogens (tertiary/aromatic N) is 2. The summed E-state index contributed by atoms with van der Waals surface area (Å²) in [6.07, 6.45) is 2.36. The smallest absolute Gasteiger partial charge is 0.292 e. The lowest BCUT2D eigenvalue weighted by molar-refractivity contribution is 0.614. The fraction of sp³-hybridized carbons (Fsp3) is 0.222. The van der Waals surface area contributed by atoms with Crippen LogP contribution in [-0.2, 0) is 6.54 Å². The van der Waals surface area contributed by atoms with Gasteiger partial charge in [0.15, 0.2) is 0 Å². The summed E-state index contributed by atoms with van der Waals surface area (Å²) in [6, 6.07) is 12.9. The van der Waals surface area contributed by atoms with E-state index in [1.807, 2.05) is 36.4 Å². The minimum Gasteiger partial charge on any atom is -0.292 e. The molecule has 4 rings (SSSR count). The van der Waals surface area contributed by atoms with Gasteiger partial charge in [-0.05, 0) is 49.1 Å². The number of benzene rings is 2. The van der Waals surface area contributed by atoms with Crippen LogP contribution in [0.1, 0.15) is 12.8 Å². The second-order valence-electron chi connectivity index (χ2n) is 5.97. The van der Waals surface area contributed by atoms with Crippen molar-refractivity contribution in [2.45, 2.75) is 19.4 Å². The van der Waals surface area contributed by atoms with E-state index < -0.39 is 0 Å². The van der Waals surface area contributed by atoms with Crippen LogP contribution in [0.5, 0.6) is 0 Å². The maximum absolute atomic E-state index is 12.5. The fourth-order valence-corrected chi connectivity index (χ4v) is 3.21. The van der Waals surface area contributed by atoms with Gasteiger partial charge < -0.3 is 0 Å². The molecule has 5 heteroatoms. The van der Waals surface area contributed by atoms with Crippen molar-refractivity contribution in [3.8, 4) is 11.3 Å². The molecule has 0 aliphatic heterocycles. The first kappa shape index (κ1) is 14.7. The molecule has 0 N–H and O–H groups in total. The number of aromatic nitrogens is 2. The minimum atomic E-state index is -0.221. The zero-order chi connectivity index (χ0) is 16.0. The van der Waals surface area contributed by atoms with Gasteiger partial charge in [-0.2, -0.15) is 4.98 Å². The SMILES string of the molecule is O=c1nc(-c2cccc(Cl)c2)c2cc(Cl)ccc2n1CC1CC1. The van der Waals surface area contributed by atoms with E-state index in [0.29, 0.717) is 21.7 Å². The molecule has 0 saturated heterocycles. The van der Waals surface area contributed by atoms with Crippen LogP contribution in [0.15, 0.2) is 47.3 Å². The van der Waals surface area contributed by atoms with Crippen LogP contribution in [0.3, 0.4) is 0 Å². The number of fused-ring (bicyclic) bond motifs is 1. The van der Waals surface area contributed by atoms with Gasteiger partial charge in [0.1, 0.15) is 0 Å². The molecule has 1 heterocycles. The van der Waals surface area contributed by atoms with Crippen molar-refractivity contribution in [3.63, 3.8) is 0 Å². The number of hydrogen-bond acceptors (Lipinski definition) is 2. The molecule has 116 valence electrons. The van der Waals surface area contributed by atoms with E-state index in [1.54, 1.807) is 10.6 Å². The van der Waals surface area contributed by atoms with E-state index in [-0.39, 0.29) is 5.69 Å². The van der Waals surface area contributed by atoms with Gasteiger partial charge in [0.05, 0.1) is 11.2 Å². The molecule has 1 aromatic heterocycles. The van der Waals surface area contributed by atoms with Crippen LogP contribution in [0, 0.1) is 5.92 Å². The predicted molar refractivity (Wildman–Crippen MR) is 94.2 cm³/mol. The molecule has 0 atom stereocenters. The maximum Gasteiger partial charge on any atom is 0.348 e. The summed E-state index contributed by atoms with van der Waals surface area (Å²) in [5.41, 5.74) is 2.10. The van der Waals surface area contributed by atoms with Crippen molar-refractivity contribution in [1.82, 2.24) is 9.55 Å². The van der Waals surface area contributed by atoms with Gasteiger partial charge in [0.2, 0.25) is 0 Å². The quantitative estimate of drug-likeness (QED) is 0.685. The highest BCUT2D eigenvalue weighted by atomic mass is 35.5. The highest BCUT2D eigenvalue weighted by molar-refractivity contribution is 6.31. The van der Waals surface area contributed by atoms with E-state index in [2.05, 4.69) is 4.98 Å². The Kier molecular flexibility index (Phi) is 3.63. The monoisotopic (exact) mass is 344 g/mol. The Bertz CT molecular complexity index is 961. The van der Waals surface area contributed by atoms with Crippen molar-refractivity contribution in [1.29, 1.82) is 0 Å². The molecule has 23 heavy (non-hydrogen) atoms. The minimum absolute atomic E-state index is 0.221. The highest BCUT2D eigenvalue weighted by Crippen LogP contribution is 2.33. The third-order valence-electron chi connectivity index (χ3n) is 4.18.